The first kappa shape index (κ1) is 8.68. The molecular formula is C8H14O3. The number of carbonyl (C=O) groups excluding carboxylic acids is 1. The van der Waals surface area contributed by atoms with Crippen LogP contribution < -0.4 is 0 Å². The first-order valence-corrected chi connectivity index (χ1v) is 4.08. The molecule has 0 aromatic rings. The lowest BCUT2D eigenvalue weighted by Crippen LogP contribution is -2.29. The van der Waals surface area contributed by atoms with Crippen LogP contribution in [0.2, 0.25) is 0 Å². The summed E-state index contributed by atoms with van der Waals surface area (Å²) in [4.78, 5) is 10.0. The summed E-state index contributed by atoms with van der Waals surface area (Å²) in [5, 5.41) is 9.26. The molecule has 1 N–H and O–H groups in total. The summed E-state index contributed by atoms with van der Waals surface area (Å²) in [6.07, 6.45) is 3.52. The minimum absolute atomic E-state index is 0.175. The van der Waals surface area contributed by atoms with Crippen molar-refractivity contribution in [1.82, 2.24) is 0 Å². The Morgan fingerprint density at radius 3 is 3.09 bits per heavy atom. The van der Waals surface area contributed by atoms with Gasteiger partial charge in [-0.15, -0.1) is 0 Å². The lowest BCUT2D eigenvalue weighted by atomic mass is 9.96. The number of carbonyl (C=O) groups is 1. The van der Waals surface area contributed by atoms with Gasteiger partial charge >= 0.3 is 0 Å². The molecule has 2 unspecified atom stereocenters. The monoisotopic (exact) mass is 158 g/mol. The fourth-order valence-electron chi connectivity index (χ4n) is 1.40. The highest BCUT2D eigenvalue weighted by atomic mass is 16.6. The normalized spacial score (nSPS) is 31.7. The van der Waals surface area contributed by atoms with Gasteiger partial charge in [0, 0.05) is 18.9 Å². The molecule has 0 saturated carbocycles. The molecule has 3 nitrogen and oxygen atoms in total. The quantitative estimate of drug-likeness (QED) is 0.615. The third kappa shape index (κ3) is 2.60. The van der Waals surface area contributed by atoms with Crippen LogP contribution in [0.1, 0.15) is 25.7 Å². The van der Waals surface area contributed by atoms with Gasteiger partial charge in [-0.2, -0.15) is 0 Å². The van der Waals surface area contributed by atoms with Crippen LogP contribution >= 0.6 is 0 Å². The molecular weight excluding hydrogens is 144 g/mol. The molecule has 0 aromatic heterocycles. The topological polar surface area (TPSA) is 46.5 Å². The van der Waals surface area contributed by atoms with E-state index in [0.29, 0.717) is 13.0 Å². The van der Waals surface area contributed by atoms with E-state index in [2.05, 4.69) is 0 Å². The molecule has 0 aliphatic carbocycles. The molecule has 0 amide bonds. The number of hydrogen-bond donors (Lipinski definition) is 1. The second-order valence-electron chi connectivity index (χ2n) is 2.91. The van der Waals surface area contributed by atoms with Gasteiger partial charge in [-0.3, -0.25) is 0 Å². The summed E-state index contributed by atoms with van der Waals surface area (Å²) < 4.78 is 5.03. The number of aldehydes is 1. The third-order valence-electron chi connectivity index (χ3n) is 2.07. The first-order valence-electron chi connectivity index (χ1n) is 4.08. The SMILES string of the molecule is O=CCCC1CCCOC1O. The fourth-order valence-corrected chi connectivity index (χ4v) is 1.40. The lowest BCUT2D eigenvalue weighted by Gasteiger charge is -2.26. The molecule has 1 aliphatic heterocycles. The van der Waals surface area contributed by atoms with Gasteiger partial charge in [0.1, 0.15) is 6.29 Å². The number of ether oxygens (including phenoxy) is 1. The second kappa shape index (κ2) is 4.46. The maximum atomic E-state index is 10.0. The van der Waals surface area contributed by atoms with Gasteiger partial charge in [0.15, 0.2) is 6.29 Å². The molecule has 1 heterocycles. The summed E-state index contributed by atoms with van der Waals surface area (Å²) in [5.41, 5.74) is 0. The molecule has 1 fully saturated rings. The average Bonchev–Trinajstić information content (AvgIpc) is 2.03. The lowest BCUT2D eigenvalue weighted by molar-refractivity contribution is -0.160. The number of aliphatic hydroxyl groups is 1. The minimum Gasteiger partial charge on any atom is -0.368 e. The van der Waals surface area contributed by atoms with Gasteiger partial charge in [0.2, 0.25) is 0 Å². The van der Waals surface area contributed by atoms with E-state index in [1.54, 1.807) is 0 Å². The van der Waals surface area contributed by atoms with Crippen LogP contribution in [0, 0.1) is 5.92 Å². The summed E-state index contributed by atoms with van der Waals surface area (Å²) >= 11 is 0. The summed E-state index contributed by atoms with van der Waals surface area (Å²) in [6.45, 7) is 0.652. The molecule has 3 heteroatoms. The Morgan fingerprint density at radius 2 is 2.45 bits per heavy atom. The van der Waals surface area contributed by atoms with Crippen LogP contribution in [0.25, 0.3) is 0 Å². The van der Waals surface area contributed by atoms with Crippen molar-refractivity contribution in [1.29, 1.82) is 0 Å². The Kier molecular flexibility index (Phi) is 3.52. The first-order chi connectivity index (χ1) is 5.34. The van der Waals surface area contributed by atoms with Gasteiger partial charge in [-0.25, -0.2) is 0 Å². The molecule has 1 rings (SSSR count). The summed E-state index contributed by atoms with van der Waals surface area (Å²) in [5.74, 6) is 0.175. The highest BCUT2D eigenvalue weighted by Gasteiger charge is 2.22. The van der Waals surface area contributed by atoms with Crippen LogP contribution in [0.4, 0.5) is 0 Å². The molecule has 0 spiro atoms. The van der Waals surface area contributed by atoms with E-state index in [1.165, 1.54) is 0 Å². The van der Waals surface area contributed by atoms with Gasteiger partial charge in [0.05, 0.1) is 0 Å². The van der Waals surface area contributed by atoms with Crippen LogP contribution in [-0.4, -0.2) is 24.3 Å². The molecule has 0 bridgehead atoms. The predicted molar refractivity (Wildman–Crippen MR) is 40.0 cm³/mol. The van der Waals surface area contributed by atoms with Crippen molar-refractivity contribution in [2.45, 2.75) is 32.0 Å². The minimum atomic E-state index is -0.635. The molecule has 0 radical (unpaired) electrons. The Bertz CT molecular complexity index is 125. The highest BCUT2D eigenvalue weighted by molar-refractivity contribution is 5.49. The Hall–Kier alpha value is -0.410. The molecule has 2 atom stereocenters. The van der Waals surface area contributed by atoms with E-state index < -0.39 is 6.29 Å². The Balaban J connectivity index is 2.23. The Labute approximate surface area is 66.4 Å². The van der Waals surface area contributed by atoms with Crippen LogP contribution in [0.5, 0.6) is 0 Å². The fraction of sp³-hybridized carbons (Fsp3) is 0.875. The number of aliphatic hydroxyl groups excluding tert-OH is 1. The van der Waals surface area contributed by atoms with Crippen LogP contribution in [0.15, 0.2) is 0 Å². The molecule has 0 aromatic carbocycles. The summed E-state index contributed by atoms with van der Waals surface area (Å²) in [7, 11) is 0. The molecule has 11 heavy (non-hydrogen) atoms. The van der Waals surface area contributed by atoms with E-state index in [-0.39, 0.29) is 5.92 Å². The molecule has 1 aliphatic rings. The maximum Gasteiger partial charge on any atom is 0.157 e. The zero-order valence-corrected chi connectivity index (χ0v) is 6.53. The van der Waals surface area contributed by atoms with Gasteiger partial charge in [-0.1, -0.05) is 0 Å². The smallest absolute Gasteiger partial charge is 0.157 e. The van der Waals surface area contributed by atoms with Gasteiger partial charge in [0.25, 0.3) is 0 Å². The van der Waals surface area contributed by atoms with Crippen molar-refractivity contribution in [2.24, 2.45) is 5.92 Å². The maximum absolute atomic E-state index is 10.0. The van der Waals surface area contributed by atoms with E-state index in [0.717, 1.165) is 25.5 Å². The average molecular weight is 158 g/mol. The molecule has 1 saturated heterocycles. The number of hydrogen-bond acceptors (Lipinski definition) is 3. The predicted octanol–water partition coefficient (Wildman–Crippen LogP) is 0.710. The van der Waals surface area contributed by atoms with Crippen LogP contribution in [-0.2, 0) is 9.53 Å². The highest BCUT2D eigenvalue weighted by Crippen LogP contribution is 2.22. The zero-order valence-electron chi connectivity index (χ0n) is 6.53. The number of rotatable bonds is 3. The van der Waals surface area contributed by atoms with E-state index in [4.69, 9.17) is 4.74 Å². The van der Waals surface area contributed by atoms with E-state index in [9.17, 15) is 9.90 Å². The third-order valence-corrected chi connectivity index (χ3v) is 2.07. The van der Waals surface area contributed by atoms with E-state index >= 15 is 0 Å². The zero-order chi connectivity index (χ0) is 8.10. The second-order valence-corrected chi connectivity index (χ2v) is 2.91. The standard InChI is InChI=1S/C8H14O3/c9-5-1-3-7-4-2-6-11-8(7)10/h5,7-8,10H,1-4,6H2. The van der Waals surface area contributed by atoms with Crippen molar-refractivity contribution >= 4 is 6.29 Å². The van der Waals surface area contributed by atoms with Crippen molar-refractivity contribution in [2.75, 3.05) is 6.61 Å². The van der Waals surface area contributed by atoms with Crippen molar-refractivity contribution < 1.29 is 14.6 Å². The van der Waals surface area contributed by atoms with Crippen molar-refractivity contribution in [3.63, 3.8) is 0 Å². The van der Waals surface area contributed by atoms with Crippen molar-refractivity contribution in [3.8, 4) is 0 Å². The molecule has 64 valence electrons. The van der Waals surface area contributed by atoms with Crippen molar-refractivity contribution in [3.05, 3.63) is 0 Å². The van der Waals surface area contributed by atoms with E-state index in [1.807, 2.05) is 0 Å². The summed E-state index contributed by atoms with van der Waals surface area (Å²) in [6, 6.07) is 0. The van der Waals surface area contributed by atoms with Gasteiger partial charge in [-0.05, 0) is 19.3 Å². The Morgan fingerprint density at radius 1 is 1.64 bits per heavy atom. The largest absolute Gasteiger partial charge is 0.368 e. The van der Waals surface area contributed by atoms with Gasteiger partial charge < -0.3 is 14.6 Å². The van der Waals surface area contributed by atoms with Crippen LogP contribution in [0.3, 0.4) is 0 Å².